The number of amides is 1. The van der Waals surface area contributed by atoms with E-state index in [-0.39, 0.29) is 27.1 Å². The number of anilines is 1. The molecule has 11 heteroatoms. The third-order valence-corrected chi connectivity index (χ3v) is 7.15. The number of carbonyl (C=O) groups excluding carboxylic acids is 1. The second kappa shape index (κ2) is 10.8. The molecule has 0 spiro atoms. The summed E-state index contributed by atoms with van der Waals surface area (Å²) in [6.45, 7) is -0.538. The number of hydrazone groups is 1. The van der Waals surface area contributed by atoms with E-state index < -0.39 is 22.5 Å². The summed E-state index contributed by atoms with van der Waals surface area (Å²) in [5, 5.41) is 4.42. The minimum atomic E-state index is -4.24. The Morgan fingerprint density at radius 3 is 2.27 bits per heavy atom. The number of carbonyl (C=O) groups is 1. The number of hydrogen-bond acceptors (Lipinski definition) is 7. The van der Waals surface area contributed by atoms with Crippen molar-refractivity contribution in [3.05, 3.63) is 41.4 Å². The van der Waals surface area contributed by atoms with Crippen molar-refractivity contribution in [3.8, 4) is 17.2 Å². The van der Waals surface area contributed by atoms with Crippen molar-refractivity contribution in [2.75, 3.05) is 32.2 Å². The average Bonchev–Trinajstić information content (AvgIpc) is 3.34. The van der Waals surface area contributed by atoms with E-state index in [1.807, 2.05) is 0 Å². The van der Waals surface area contributed by atoms with Crippen LogP contribution in [0.25, 0.3) is 0 Å². The summed E-state index contributed by atoms with van der Waals surface area (Å²) in [7, 11) is 0.0134. The molecule has 0 saturated heterocycles. The minimum Gasteiger partial charge on any atom is -0.495 e. The maximum absolute atomic E-state index is 13.7. The number of ether oxygens (including phenoxy) is 3. The lowest BCUT2D eigenvalue weighted by Gasteiger charge is -2.26. The second-order valence-electron chi connectivity index (χ2n) is 7.26. The lowest BCUT2D eigenvalue weighted by molar-refractivity contribution is -0.119. The van der Waals surface area contributed by atoms with Gasteiger partial charge in [0.1, 0.15) is 12.3 Å². The quantitative estimate of drug-likeness (QED) is 0.532. The highest BCUT2D eigenvalue weighted by molar-refractivity contribution is 7.92. The van der Waals surface area contributed by atoms with Gasteiger partial charge in [0.15, 0.2) is 11.5 Å². The molecule has 0 heterocycles. The predicted molar refractivity (Wildman–Crippen MR) is 126 cm³/mol. The van der Waals surface area contributed by atoms with E-state index in [0.29, 0.717) is 5.75 Å². The van der Waals surface area contributed by atoms with Gasteiger partial charge in [-0.15, -0.1) is 0 Å². The van der Waals surface area contributed by atoms with Crippen molar-refractivity contribution >= 4 is 38.9 Å². The van der Waals surface area contributed by atoms with Gasteiger partial charge in [-0.1, -0.05) is 11.6 Å². The van der Waals surface area contributed by atoms with Gasteiger partial charge in [-0.3, -0.25) is 9.10 Å². The molecule has 3 rings (SSSR count). The molecule has 0 unspecified atom stereocenters. The van der Waals surface area contributed by atoms with Crippen molar-refractivity contribution in [2.45, 2.75) is 30.6 Å². The smallest absolute Gasteiger partial charge is 0.265 e. The van der Waals surface area contributed by atoms with Crippen LogP contribution < -0.4 is 23.9 Å². The topological polar surface area (TPSA) is 107 Å². The van der Waals surface area contributed by atoms with E-state index in [4.69, 9.17) is 25.8 Å². The molecular formula is C22H26ClN3O6S. The van der Waals surface area contributed by atoms with Crippen LogP contribution in [-0.2, 0) is 14.8 Å². The number of benzene rings is 2. The first-order chi connectivity index (χ1) is 15.8. The molecule has 2 aromatic carbocycles. The summed E-state index contributed by atoms with van der Waals surface area (Å²) in [5.74, 6) is 0.237. The van der Waals surface area contributed by atoms with E-state index in [1.165, 1.54) is 51.7 Å². The summed E-state index contributed by atoms with van der Waals surface area (Å²) in [6, 6.07) is 8.70. The Morgan fingerprint density at radius 1 is 1.00 bits per heavy atom. The molecule has 0 aromatic heterocycles. The third kappa shape index (κ3) is 5.69. The van der Waals surface area contributed by atoms with Crippen LogP contribution >= 0.6 is 11.6 Å². The number of methoxy groups -OCH3 is 3. The van der Waals surface area contributed by atoms with Crippen molar-refractivity contribution in [1.82, 2.24) is 5.43 Å². The standard InChI is InChI=1S/C22H26ClN3O6S/c1-30-19-10-8-15(23)12-18(19)26(14-22(27)25-24-16-6-4-5-7-16)33(28,29)17-9-11-20(31-2)21(13-17)32-3/h8-13H,4-7,14H2,1-3H3,(H,25,27). The van der Waals surface area contributed by atoms with E-state index in [0.717, 1.165) is 35.7 Å². The van der Waals surface area contributed by atoms with Crippen molar-refractivity contribution in [1.29, 1.82) is 0 Å². The molecule has 1 amide bonds. The number of nitrogens with zero attached hydrogens (tertiary/aromatic N) is 2. The molecule has 33 heavy (non-hydrogen) atoms. The SMILES string of the molecule is COc1ccc(S(=O)(=O)N(CC(=O)NN=C2CCCC2)c2cc(Cl)ccc2OC)cc1OC. The van der Waals surface area contributed by atoms with Gasteiger partial charge in [-0.25, -0.2) is 13.8 Å². The Bertz CT molecular complexity index is 1140. The summed E-state index contributed by atoms with van der Waals surface area (Å²) in [4.78, 5) is 12.6. The van der Waals surface area contributed by atoms with Crippen LogP contribution in [0.4, 0.5) is 5.69 Å². The highest BCUT2D eigenvalue weighted by atomic mass is 35.5. The molecular weight excluding hydrogens is 470 g/mol. The zero-order valence-corrected chi connectivity index (χ0v) is 20.2. The molecule has 1 saturated carbocycles. The van der Waals surface area contributed by atoms with Crippen LogP contribution in [0.3, 0.4) is 0 Å². The van der Waals surface area contributed by atoms with E-state index in [1.54, 1.807) is 6.07 Å². The number of nitrogens with one attached hydrogen (secondary N) is 1. The van der Waals surface area contributed by atoms with E-state index in [2.05, 4.69) is 10.5 Å². The lowest BCUT2D eigenvalue weighted by atomic mass is 10.3. The van der Waals surface area contributed by atoms with E-state index >= 15 is 0 Å². The molecule has 0 aliphatic heterocycles. The van der Waals surface area contributed by atoms with Crippen molar-refractivity contribution < 1.29 is 27.4 Å². The van der Waals surface area contributed by atoms with Crippen LogP contribution in [0.15, 0.2) is 46.4 Å². The van der Waals surface area contributed by atoms with Crippen LogP contribution in [0.2, 0.25) is 5.02 Å². The molecule has 1 N–H and O–H groups in total. The Balaban J connectivity index is 2.03. The molecule has 178 valence electrons. The fourth-order valence-corrected chi connectivity index (χ4v) is 5.07. The van der Waals surface area contributed by atoms with Crippen molar-refractivity contribution in [3.63, 3.8) is 0 Å². The molecule has 0 atom stereocenters. The van der Waals surface area contributed by atoms with Gasteiger partial charge in [0.05, 0.1) is 31.9 Å². The molecule has 1 aliphatic rings. The first-order valence-corrected chi connectivity index (χ1v) is 12.0. The summed E-state index contributed by atoms with van der Waals surface area (Å²) < 4.78 is 44.1. The number of halogens is 1. The normalized spacial score (nSPS) is 13.4. The molecule has 1 aliphatic carbocycles. The van der Waals surface area contributed by atoms with Gasteiger partial charge in [0, 0.05) is 16.8 Å². The highest BCUT2D eigenvalue weighted by Crippen LogP contribution is 2.36. The summed E-state index contributed by atoms with van der Waals surface area (Å²) in [5.41, 5.74) is 3.47. The van der Waals surface area contributed by atoms with Gasteiger partial charge in [0.25, 0.3) is 15.9 Å². The third-order valence-electron chi connectivity index (χ3n) is 5.16. The molecule has 0 radical (unpaired) electrons. The highest BCUT2D eigenvalue weighted by Gasteiger charge is 2.30. The molecule has 0 bridgehead atoms. The van der Waals surface area contributed by atoms with Crippen LogP contribution in [0, 0.1) is 0 Å². The van der Waals surface area contributed by atoms with Crippen LogP contribution in [0.5, 0.6) is 17.2 Å². The average molecular weight is 496 g/mol. The number of sulfonamides is 1. The first-order valence-electron chi connectivity index (χ1n) is 10.2. The van der Waals surface area contributed by atoms with Crippen LogP contribution in [-0.4, -0.2) is 47.9 Å². The maximum atomic E-state index is 13.7. The summed E-state index contributed by atoms with van der Waals surface area (Å²) in [6.07, 6.45) is 3.68. The Morgan fingerprint density at radius 2 is 1.64 bits per heavy atom. The molecule has 2 aromatic rings. The lowest BCUT2D eigenvalue weighted by Crippen LogP contribution is -2.40. The second-order valence-corrected chi connectivity index (χ2v) is 9.56. The number of rotatable bonds is 9. The van der Waals surface area contributed by atoms with Gasteiger partial charge in [0.2, 0.25) is 0 Å². The largest absolute Gasteiger partial charge is 0.495 e. The fraction of sp³-hybridized carbons (Fsp3) is 0.364. The van der Waals surface area contributed by atoms with Gasteiger partial charge >= 0.3 is 0 Å². The number of hydrogen-bond donors (Lipinski definition) is 1. The Labute approximate surface area is 198 Å². The molecule has 1 fully saturated rings. The zero-order chi connectivity index (χ0) is 24.0. The van der Waals surface area contributed by atoms with Crippen LogP contribution in [0.1, 0.15) is 25.7 Å². The monoisotopic (exact) mass is 495 g/mol. The van der Waals surface area contributed by atoms with Gasteiger partial charge < -0.3 is 14.2 Å². The Hall–Kier alpha value is -2.98. The molecule has 9 nitrogen and oxygen atoms in total. The summed E-state index contributed by atoms with van der Waals surface area (Å²) >= 11 is 6.15. The maximum Gasteiger partial charge on any atom is 0.265 e. The predicted octanol–water partition coefficient (Wildman–Crippen LogP) is 3.61. The van der Waals surface area contributed by atoms with Gasteiger partial charge in [-0.05, 0) is 56.0 Å². The van der Waals surface area contributed by atoms with E-state index in [9.17, 15) is 13.2 Å². The minimum absolute atomic E-state index is 0.0999. The van der Waals surface area contributed by atoms with Gasteiger partial charge in [-0.2, -0.15) is 5.10 Å². The zero-order valence-electron chi connectivity index (χ0n) is 18.6. The van der Waals surface area contributed by atoms with Crippen molar-refractivity contribution in [2.24, 2.45) is 5.10 Å². The first kappa shape index (κ1) is 24.7. The fourth-order valence-electron chi connectivity index (χ4n) is 3.46. The Kier molecular flexibility index (Phi) is 8.04.